The topological polar surface area (TPSA) is 92.5 Å². The average molecular weight is 379 g/mol. The first kappa shape index (κ1) is 17.6. The number of aromatic nitrogens is 4. The molecule has 4 aromatic rings. The maximum absolute atomic E-state index is 6.24. The van der Waals surface area contributed by atoms with Crippen molar-refractivity contribution in [3.8, 4) is 10.6 Å². The van der Waals surface area contributed by atoms with Crippen LogP contribution in [0.3, 0.4) is 0 Å². The summed E-state index contributed by atoms with van der Waals surface area (Å²) in [5.41, 5.74) is 10.6. The summed E-state index contributed by atoms with van der Waals surface area (Å²) < 4.78 is 0. The highest BCUT2D eigenvalue weighted by molar-refractivity contribution is 7.18. The van der Waals surface area contributed by atoms with Crippen molar-refractivity contribution in [1.82, 2.24) is 20.4 Å². The van der Waals surface area contributed by atoms with Crippen molar-refractivity contribution in [2.75, 3.05) is 11.9 Å². The smallest absolute Gasteiger partial charge is 0.206 e. The van der Waals surface area contributed by atoms with Crippen molar-refractivity contribution in [1.29, 1.82) is 0 Å². The lowest BCUT2D eigenvalue weighted by molar-refractivity contribution is 0.698. The third-order valence-electron chi connectivity index (χ3n) is 4.50. The summed E-state index contributed by atoms with van der Waals surface area (Å²) in [7, 11) is 0. The highest BCUT2D eigenvalue weighted by Gasteiger charge is 2.11. The first-order valence-electron chi connectivity index (χ1n) is 9.07. The Labute approximate surface area is 161 Å². The van der Waals surface area contributed by atoms with Crippen LogP contribution in [0.2, 0.25) is 0 Å². The van der Waals surface area contributed by atoms with E-state index in [2.05, 4.69) is 50.8 Å². The Bertz CT molecular complexity index is 1020. The first-order valence-corrected chi connectivity index (χ1v) is 9.89. The Balaban J connectivity index is 1.42. The highest BCUT2D eigenvalue weighted by atomic mass is 32.1. The molecule has 1 atom stereocenters. The van der Waals surface area contributed by atoms with E-state index >= 15 is 0 Å². The van der Waals surface area contributed by atoms with E-state index in [9.17, 15) is 0 Å². The quantitative estimate of drug-likeness (QED) is 0.457. The summed E-state index contributed by atoms with van der Waals surface area (Å²) in [6.45, 7) is 2.76. The van der Waals surface area contributed by atoms with Crippen LogP contribution < -0.4 is 11.1 Å². The van der Waals surface area contributed by atoms with Gasteiger partial charge in [-0.3, -0.25) is 5.10 Å². The van der Waals surface area contributed by atoms with Crippen molar-refractivity contribution < 1.29 is 0 Å². The van der Waals surface area contributed by atoms with Crippen LogP contribution in [0.25, 0.3) is 21.5 Å². The largest absolute Gasteiger partial charge is 0.359 e. The van der Waals surface area contributed by atoms with Gasteiger partial charge >= 0.3 is 0 Å². The minimum atomic E-state index is 0.0224. The molecule has 2 aromatic heterocycles. The van der Waals surface area contributed by atoms with Gasteiger partial charge in [0.05, 0.1) is 11.2 Å². The van der Waals surface area contributed by atoms with E-state index in [-0.39, 0.29) is 6.04 Å². The Morgan fingerprint density at radius 2 is 2.00 bits per heavy atom. The second kappa shape index (κ2) is 7.85. The van der Waals surface area contributed by atoms with Crippen molar-refractivity contribution >= 4 is 27.4 Å². The average Bonchev–Trinajstić information content (AvgIpc) is 3.33. The molecule has 0 bridgehead atoms. The minimum absolute atomic E-state index is 0.0224. The van der Waals surface area contributed by atoms with E-state index < -0.39 is 0 Å². The molecule has 0 unspecified atom stereocenters. The molecule has 0 aliphatic rings. The first-order chi connectivity index (χ1) is 13.2. The van der Waals surface area contributed by atoms with E-state index in [4.69, 9.17) is 5.73 Å². The van der Waals surface area contributed by atoms with E-state index in [0.29, 0.717) is 6.54 Å². The zero-order chi connectivity index (χ0) is 18.6. The SMILES string of the molecule is CCc1n[nH]c2ccc(-c3nnc(NC[C@H](N)Cc4ccccc4)s3)cc12. The number of nitrogens with zero attached hydrogens (tertiary/aromatic N) is 3. The van der Waals surface area contributed by atoms with E-state index in [1.54, 1.807) is 0 Å². The van der Waals surface area contributed by atoms with Crippen molar-refractivity contribution in [2.45, 2.75) is 25.8 Å². The van der Waals surface area contributed by atoms with Gasteiger partial charge in [-0.25, -0.2) is 0 Å². The summed E-state index contributed by atoms with van der Waals surface area (Å²) in [4.78, 5) is 0. The zero-order valence-corrected chi connectivity index (χ0v) is 16.0. The number of H-pyrrole nitrogens is 1. The highest BCUT2D eigenvalue weighted by Crippen LogP contribution is 2.29. The van der Waals surface area contributed by atoms with Crippen LogP contribution in [-0.2, 0) is 12.8 Å². The predicted molar refractivity (Wildman–Crippen MR) is 111 cm³/mol. The van der Waals surface area contributed by atoms with Gasteiger partial charge < -0.3 is 11.1 Å². The fraction of sp³-hybridized carbons (Fsp3) is 0.250. The number of benzene rings is 2. The lowest BCUT2D eigenvalue weighted by Crippen LogP contribution is -2.31. The molecule has 4 N–H and O–H groups in total. The third-order valence-corrected chi connectivity index (χ3v) is 5.43. The Morgan fingerprint density at radius 1 is 1.15 bits per heavy atom. The fourth-order valence-corrected chi connectivity index (χ4v) is 3.84. The van der Waals surface area contributed by atoms with Crippen LogP contribution in [0.15, 0.2) is 48.5 Å². The predicted octanol–water partition coefficient (Wildman–Crippen LogP) is 3.63. The van der Waals surface area contributed by atoms with E-state index in [1.807, 2.05) is 30.3 Å². The van der Waals surface area contributed by atoms with E-state index in [1.165, 1.54) is 16.9 Å². The van der Waals surface area contributed by atoms with Crippen LogP contribution in [0, 0.1) is 0 Å². The molecule has 6 nitrogen and oxygen atoms in total. The number of anilines is 1. The molecule has 2 heterocycles. The molecule has 0 amide bonds. The van der Waals surface area contributed by atoms with Gasteiger partial charge in [0.25, 0.3) is 0 Å². The number of aromatic amines is 1. The Kier molecular flexibility index (Phi) is 5.13. The molecule has 0 saturated carbocycles. The number of fused-ring (bicyclic) bond motifs is 1. The summed E-state index contributed by atoms with van der Waals surface area (Å²) >= 11 is 1.54. The minimum Gasteiger partial charge on any atom is -0.359 e. The Hall–Kier alpha value is -2.77. The summed E-state index contributed by atoms with van der Waals surface area (Å²) in [6.07, 6.45) is 1.72. The van der Waals surface area contributed by atoms with Crippen LogP contribution >= 0.6 is 11.3 Å². The molecule has 0 saturated heterocycles. The van der Waals surface area contributed by atoms with Gasteiger partial charge in [-0.05, 0) is 36.6 Å². The van der Waals surface area contributed by atoms with Crippen LogP contribution in [0.5, 0.6) is 0 Å². The zero-order valence-electron chi connectivity index (χ0n) is 15.1. The van der Waals surface area contributed by atoms with Gasteiger partial charge in [0.15, 0.2) is 0 Å². The van der Waals surface area contributed by atoms with Gasteiger partial charge in [0.1, 0.15) is 5.01 Å². The summed E-state index contributed by atoms with van der Waals surface area (Å²) in [6, 6.07) is 16.5. The molecule has 0 aliphatic heterocycles. The summed E-state index contributed by atoms with van der Waals surface area (Å²) in [5, 5.41) is 22.1. The number of hydrogen-bond donors (Lipinski definition) is 3. The molecule has 4 rings (SSSR count). The number of nitrogens with two attached hydrogens (primary N) is 1. The number of aryl methyl sites for hydroxylation is 1. The molecule has 27 heavy (non-hydrogen) atoms. The molecule has 2 aromatic carbocycles. The molecular weight excluding hydrogens is 356 g/mol. The van der Waals surface area contributed by atoms with Gasteiger partial charge in [0, 0.05) is 23.5 Å². The lowest BCUT2D eigenvalue weighted by atomic mass is 10.1. The molecule has 0 fully saturated rings. The van der Waals surface area contributed by atoms with Crippen molar-refractivity contribution in [3.05, 3.63) is 59.8 Å². The monoisotopic (exact) mass is 378 g/mol. The summed E-state index contributed by atoms with van der Waals surface area (Å²) in [5.74, 6) is 0. The maximum Gasteiger partial charge on any atom is 0.206 e. The second-order valence-electron chi connectivity index (χ2n) is 6.53. The molecule has 0 aliphatic carbocycles. The van der Waals surface area contributed by atoms with Crippen LogP contribution in [0.4, 0.5) is 5.13 Å². The molecule has 138 valence electrons. The van der Waals surface area contributed by atoms with Crippen molar-refractivity contribution in [3.63, 3.8) is 0 Å². The second-order valence-corrected chi connectivity index (χ2v) is 7.50. The number of rotatable bonds is 7. The molecule has 0 spiro atoms. The van der Waals surface area contributed by atoms with Crippen molar-refractivity contribution in [2.24, 2.45) is 5.73 Å². The molecular formula is C20H22N6S. The van der Waals surface area contributed by atoms with Gasteiger partial charge in [-0.2, -0.15) is 5.10 Å². The van der Waals surface area contributed by atoms with Gasteiger partial charge in [-0.15, -0.1) is 10.2 Å². The van der Waals surface area contributed by atoms with Gasteiger partial charge in [-0.1, -0.05) is 48.6 Å². The normalized spacial score (nSPS) is 12.4. The Morgan fingerprint density at radius 3 is 2.81 bits per heavy atom. The fourth-order valence-electron chi connectivity index (χ4n) is 3.09. The maximum atomic E-state index is 6.24. The third kappa shape index (κ3) is 3.99. The van der Waals surface area contributed by atoms with Crippen LogP contribution in [-0.4, -0.2) is 33.0 Å². The number of nitrogens with one attached hydrogen (secondary N) is 2. The van der Waals surface area contributed by atoms with Crippen LogP contribution in [0.1, 0.15) is 18.2 Å². The number of hydrogen-bond acceptors (Lipinski definition) is 6. The molecule has 7 heteroatoms. The lowest BCUT2D eigenvalue weighted by Gasteiger charge is -2.11. The molecule has 0 radical (unpaired) electrons. The van der Waals surface area contributed by atoms with E-state index in [0.717, 1.165) is 45.1 Å². The van der Waals surface area contributed by atoms with Gasteiger partial charge in [0.2, 0.25) is 5.13 Å². The standard InChI is InChI=1S/C20H22N6S/c1-2-17-16-11-14(8-9-18(16)24-23-17)19-25-26-20(27-19)22-12-15(21)10-13-6-4-3-5-7-13/h3-9,11,15H,2,10,12,21H2,1H3,(H,22,26)(H,23,24)/t15-/m1/s1.